The molecule has 0 aliphatic carbocycles. The fourth-order valence-electron chi connectivity index (χ4n) is 2.45. The average Bonchev–Trinajstić information content (AvgIpc) is 3.16. The second-order valence-electron chi connectivity index (χ2n) is 6.06. The van der Waals surface area contributed by atoms with E-state index in [1.807, 2.05) is 30.3 Å². The van der Waals surface area contributed by atoms with Crippen molar-refractivity contribution in [2.75, 3.05) is 23.3 Å². The molecule has 0 aliphatic heterocycles. The Labute approximate surface area is 184 Å². The van der Waals surface area contributed by atoms with Crippen LogP contribution in [0.25, 0.3) is 0 Å². The number of anilines is 2. The Morgan fingerprint density at radius 2 is 1.97 bits per heavy atom. The van der Waals surface area contributed by atoms with Gasteiger partial charge >= 0.3 is 0 Å². The van der Waals surface area contributed by atoms with Crippen molar-refractivity contribution in [2.24, 2.45) is 0 Å². The van der Waals surface area contributed by atoms with Gasteiger partial charge in [-0.25, -0.2) is 4.98 Å². The fourth-order valence-corrected chi connectivity index (χ4v) is 3.45. The largest absolute Gasteiger partial charge is 0.444 e. The summed E-state index contributed by atoms with van der Waals surface area (Å²) in [5.41, 5.74) is 6.11. The van der Waals surface area contributed by atoms with Gasteiger partial charge in [-0.2, -0.15) is 0 Å². The molecule has 0 aliphatic rings. The first-order chi connectivity index (χ1) is 14.4. The molecule has 5 N–H and O–H groups in total. The molecule has 0 atom stereocenters. The average molecular weight is 492 g/mol. The number of nitrogens with two attached hydrogens (primary N) is 1. The van der Waals surface area contributed by atoms with Crippen LogP contribution in [0.1, 0.15) is 16.1 Å². The Morgan fingerprint density at radius 3 is 2.63 bits per heavy atom. The maximum absolute atomic E-state index is 12.3. The predicted molar refractivity (Wildman–Crippen MR) is 118 cm³/mol. The molecular formula is C19H18BrN5O4S. The lowest BCUT2D eigenvalue weighted by molar-refractivity contribution is -0.118. The van der Waals surface area contributed by atoms with Crippen molar-refractivity contribution in [1.29, 1.82) is 0 Å². The van der Waals surface area contributed by atoms with Crippen LogP contribution in [0, 0.1) is 0 Å². The molecule has 0 bridgehead atoms. The number of amides is 2. The van der Waals surface area contributed by atoms with E-state index in [-0.39, 0.29) is 34.1 Å². The van der Waals surface area contributed by atoms with Gasteiger partial charge in [0.25, 0.3) is 11.5 Å². The minimum Gasteiger partial charge on any atom is -0.444 e. The van der Waals surface area contributed by atoms with Crippen LogP contribution >= 0.6 is 27.7 Å². The number of nitrogens with one attached hydrogen (secondary N) is 3. The van der Waals surface area contributed by atoms with Crippen LogP contribution < -0.4 is 21.9 Å². The number of furan rings is 1. The third kappa shape index (κ3) is 5.97. The summed E-state index contributed by atoms with van der Waals surface area (Å²) < 4.78 is 5.51. The zero-order chi connectivity index (χ0) is 21.5. The Morgan fingerprint density at radius 1 is 1.20 bits per heavy atom. The summed E-state index contributed by atoms with van der Waals surface area (Å²) in [6.45, 7) is 0.503. The van der Waals surface area contributed by atoms with Crippen molar-refractivity contribution in [2.45, 2.75) is 11.6 Å². The van der Waals surface area contributed by atoms with Gasteiger partial charge in [-0.3, -0.25) is 19.4 Å². The van der Waals surface area contributed by atoms with Crippen molar-refractivity contribution >= 4 is 51.0 Å². The lowest BCUT2D eigenvalue weighted by Crippen LogP contribution is -2.27. The Kier molecular flexibility index (Phi) is 7.31. The van der Waals surface area contributed by atoms with Gasteiger partial charge in [0, 0.05) is 6.54 Å². The number of hydrogen-bond acceptors (Lipinski definition) is 7. The molecule has 11 heteroatoms. The van der Waals surface area contributed by atoms with Gasteiger partial charge in [-0.1, -0.05) is 42.1 Å². The molecule has 0 saturated heterocycles. The third-order valence-corrected chi connectivity index (χ3v) is 5.18. The van der Waals surface area contributed by atoms with Crippen molar-refractivity contribution in [3.63, 3.8) is 0 Å². The third-order valence-electron chi connectivity index (χ3n) is 3.88. The molecule has 0 unspecified atom stereocenters. The SMILES string of the molecule is Nc1nc(SCC(=O)NCCc2ccccc2)[nH]c(=O)c1NC(=O)c1ccc(Br)o1. The number of carbonyl (C=O) groups is 2. The number of nitrogens with zero attached hydrogens (tertiary/aromatic N) is 1. The van der Waals surface area contributed by atoms with Crippen LogP contribution in [0.2, 0.25) is 0 Å². The molecule has 0 spiro atoms. The van der Waals surface area contributed by atoms with E-state index in [0.717, 1.165) is 23.7 Å². The van der Waals surface area contributed by atoms with E-state index in [1.165, 1.54) is 6.07 Å². The van der Waals surface area contributed by atoms with E-state index >= 15 is 0 Å². The number of nitrogen functional groups attached to an aromatic ring is 1. The van der Waals surface area contributed by atoms with E-state index in [2.05, 4.69) is 36.5 Å². The number of benzene rings is 1. The van der Waals surface area contributed by atoms with Gasteiger partial charge in [-0.15, -0.1) is 0 Å². The van der Waals surface area contributed by atoms with Gasteiger partial charge in [0.05, 0.1) is 5.75 Å². The van der Waals surface area contributed by atoms with E-state index < -0.39 is 11.5 Å². The number of aromatic nitrogens is 2. The van der Waals surface area contributed by atoms with Crippen LogP contribution in [0.15, 0.2) is 61.5 Å². The predicted octanol–water partition coefficient (Wildman–Crippen LogP) is 2.41. The first kappa shape index (κ1) is 21.7. The number of halogens is 1. The van der Waals surface area contributed by atoms with Gasteiger partial charge < -0.3 is 20.8 Å². The second kappa shape index (κ2) is 10.1. The molecule has 3 rings (SSSR count). The zero-order valence-corrected chi connectivity index (χ0v) is 18.0. The molecular weight excluding hydrogens is 474 g/mol. The summed E-state index contributed by atoms with van der Waals surface area (Å²) in [4.78, 5) is 42.9. The molecule has 0 fully saturated rings. The highest BCUT2D eigenvalue weighted by Crippen LogP contribution is 2.19. The standard InChI is InChI=1S/C19H18BrN5O4S/c20-13-7-6-12(29-13)17(27)23-15-16(21)24-19(25-18(15)28)30-10-14(26)22-9-8-11-4-2-1-3-5-11/h1-7H,8-10H2,(H,22,26)(H,23,27)(H3,21,24,25,28). The Bertz CT molecular complexity index is 1100. The van der Waals surface area contributed by atoms with E-state index in [0.29, 0.717) is 11.2 Å². The van der Waals surface area contributed by atoms with Crippen molar-refractivity contribution in [1.82, 2.24) is 15.3 Å². The summed E-state index contributed by atoms with van der Waals surface area (Å²) in [6.07, 6.45) is 0.722. The minimum atomic E-state index is -0.641. The van der Waals surface area contributed by atoms with E-state index in [1.54, 1.807) is 6.07 Å². The number of rotatable bonds is 8. The van der Waals surface area contributed by atoms with E-state index in [4.69, 9.17) is 10.2 Å². The summed E-state index contributed by atoms with van der Waals surface area (Å²) >= 11 is 4.13. The fraction of sp³-hybridized carbons (Fsp3) is 0.158. The number of thioether (sulfide) groups is 1. The number of carbonyl (C=O) groups excluding carboxylic acids is 2. The van der Waals surface area contributed by atoms with Gasteiger partial charge in [-0.05, 0) is 40.0 Å². The molecule has 30 heavy (non-hydrogen) atoms. The van der Waals surface area contributed by atoms with Crippen LogP contribution in [0.5, 0.6) is 0 Å². The molecule has 2 aromatic heterocycles. The highest BCUT2D eigenvalue weighted by atomic mass is 79.9. The molecule has 2 amide bonds. The first-order valence-corrected chi connectivity index (χ1v) is 10.6. The molecule has 0 saturated carbocycles. The molecule has 156 valence electrons. The summed E-state index contributed by atoms with van der Waals surface area (Å²) in [5, 5.41) is 5.35. The highest BCUT2D eigenvalue weighted by molar-refractivity contribution is 9.10. The lowest BCUT2D eigenvalue weighted by atomic mass is 10.1. The smallest absolute Gasteiger partial charge is 0.291 e. The maximum atomic E-state index is 12.3. The summed E-state index contributed by atoms with van der Waals surface area (Å²) in [7, 11) is 0. The van der Waals surface area contributed by atoms with E-state index in [9.17, 15) is 14.4 Å². The van der Waals surface area contributed by atoms with Crippen LogP contribution in [0.3, 0.4) is 0 Å². The Balaban J connectivity index is 1.52. The number of hydrogen-bond donors (Lipinski definition) is 4. The van der Waals surface area contributed by atoms with Crippen LogP contribution in [0.4, 0.5) is 11.5 Å². The van der Waals surface area contributed by atoms with Crippen molar-refractivity contribution < 1.29 is 14.0 Å². The van der Waals surface area contributed by atoms with Crippen LogP contribution in [-0.2, 0) is 11.2 Å². The monoisotopic (exact) mass is 491 g/mol. The summed E-state index contributed by atoms with van der Waals surface area (Å²) in [6, 6.07) is 12.8. The highest BCUT2D eigenvalue weighted by Gasteiger charge is 2.17. The minimum absolute atomic E-state index is 0.00583. The number of H-pyrrole nitrogens is 1. The zero-order valence-electron chi connectivity index (χ0n) is 15.6. The number of aromatic amines is 1. The van der Waals surface area contributed by atoms with Gasteiger partial charge in [0.1, 0.15) is 0 Å². The maximum Gasteiger partial charge on any atom is 0.291 e. The molecule has 1 aromatic carbocycles. The Hall–Kier alpha value is -3.05. The second-order valence-corrected chi connectivity index (χ2v) is 7.81. The van der Waals surface area contributed by atoms with Crippen molar-refractivity contribution in [3.05, 3.63) is 68.8 Å². The molecule has 0 radical (unpaired) electrons. The topological polar surface area (TPSA) is 143 Å². The summed E-state index contributed by atoms with van der Waals surface area (Å²) in [5.74, 6) is -0.935. The normalized spacial score (nSPS) is 10.6. The van der Waals surface area contributed by atoms with Gasteiger partial charge in [0.15, 0.2) is 27.1 Å². The van der Waals surface area contributed by atoms with Crippen LogP contribution in [-0.4, -0.2) is 34.1 Å². The first-order valence-electron chi connectivity index (χ1n) is 8.82. The molecule has 2 heterocycles. The lowest BCUT2D eigenvalue weighted by Gasteiger charge is -2.08. The van der Waals surface area contributed by atoms with Crippen molar-refractivity contribution in [3.8, 4) is 0 Å². The quantitative estimate of drug-likeness (QED) is 0.279. The molecule has 9 nitrogen and oxygen atoms in total. The van der Waals surface area contributed by atoms with Gasteiger partial charge in [0.2, 0.25) is 5.91 Å². The molecule has 3 aromatic rings.